The summed E-state index contributed by atoms with van der Waals surface area (Å²) in [5.74, 6) is -0.518. The van der Waals surface area contributed by atoms with Gasteiger partial charge in [-0.2, -0.15) is 0 Å². The molecule has 17 heavy (non-hydrogen) atoms. The largest absolute Gasteiger partial charge is 0.465 e. The van der Waals surface area contributed by atoms with Crippen molar-refractivity contribution in [2.24, 2.45) is 0 Å². The normalized spacial score (nSPS) is 13.3. The Kier molecular flexibility index (Phi) is 4.35. The number of hydrogen-bond acceptors (Lipinski definition) is 6. The fourth-order valence-electron chi connectivity index (χ4n) is 0.954. The summed E-state index contributed by atoms with van der Waals surface area (Å²) >= 11 is 6.92. The van der Waals surface area contributed by atoms with Crippen molar-refractivity contribution in [2.45, 2.75) is 32.4 Å². The summed E-state index contributed by atoms with van der Waals surface area (Å²) in [5.41, 5.74) is -0.561. The summed E-state index contributed by atoms with van der Waals surface area (Å²) in [4.78, 5) is 15.6. The Morgan fingerprint density at radius 2 is 2.24 bits per heavy atom. The highest BCUT2D eigenvalue weighted by molar-refractivity contribution is 7.18. The molecule has 0 spiro atoms. The van der Waals surface area contributed by atoms with E-state index in [0.717, 1.165) is 11.3 Å². The van der Waals surface area contributed by atoms with Gasteiger partial charge in [0.25, 0.3) is 0 Å². The van der Waals surface area contributed by atoms with Crippen LogP contribution in [0, 0.1) is 0 Å². The highest BCUT2D eigenvalue weighted by atomic mass is 35.5. The maximum Gasteiger partial charge on any atom is 0.351 e. The second-order valence-electron chi connectivity index (χ2n) is 4.15. The Morgan fingerprint density at radius 1 is 1.65 bits per heavy atom. The van der Waals surface area contributed by atoms with Gasteiger partial charge < -0.3 is 15.2 Å². The first-order valence-corrected chi connectivity index (χ1v) is 6.18. The van der Waals surface area contributed by atoms with Gasteiger partial charge in [-0.1, -0.05) is 22.9 Å². The molecule has 7 heteroatoms. The zero-order valence-corrected chi connectivity index (χ0v) is 11.6. The maximum absolute atomic E-state index is 11.3. The number of rotatable bonds is 4. The number of aliphatic hydroxyl groups is 1. The molecule has 1 aromatic rings. The topological polar surface area (TPSA) is 71.5 Å². The average molecular weight is 279 g/mol. The lowest BCUT2D eigenvalue weighted by Crippen LogP contribution is -2.41. The Balaban J connectivity index is 2.91. The van der Waals surface area contributed by atoms with E-state index in [0.29, 0.717) is 5.13 Å². The quantitative estimate of drug-likeness (QED) is 0.826. The van der Waals surface area contributed by atoms with Crippen molar-refractivity contribution in [3.05, 3.63) is 10.0 Å². The second-order valence-corrected chi connectivity index (χ2v) is 5.51. The van der Waals surface area contributed by atoms with Crippen LogP contribution < -0.4 is 5.32 Å². The van der Waals surface area contributed by atoms with Gasteiger partial charge in [0, 0.05) is 0 Å². The lowest BCUT2D eigenvalue weighted by Gasteiger charge is -2.28. The molecule has 1 unspecified atom stereocenters. The molecule has 1 aromatic heterocycles. The highest BCUT2D eigenvalue weighted by Gasteiger charge is 2.26. The molecule has 0 saturated heterocycles. The van der Waals surface area contributed by atoms with Crippen molar-refractivity contribution in [1.82, 2.24) is 4.98 Å². The standard InChI is InChI=1S/C10H15ClN2O3S/c1-5(14)10(2,3)13-9-12-7(11)6(17-9)8(15)16-4/h5,14H,1-4H3,(H,12,13). The van der Waals surface area contributed by atoms with Gasteiger partial charge in [0.15, 0.2) is 15.2 Å². The number of ether oxygens (including phenoxy) is 1. The lowest BCUT2D eigenvalue weighted by atomic mass is 9.99. The van der Waals surface area contributed by atoms with Gasteiger partial charge in [-0.05, 0) is 20.8 Å². The van der Waals surface area contributed by atoms with E-state index in [1.54, 1.807) is 6.92 Å². The molecule has 2 N–H and O–H groups in total. The van der Waals surface area contributed by atoms with E-state index in [1.807, 2.05) is 13.8 Å². The number of aliphatic hydroxyl groups excluding tert-OH is 1. The zero-order chi connectivity index (χ0) is 13.2. The molecular weight excluding hydrogens is 264 g/mol. The molecule has 0 fully saturated rings. The van der Waals surface area contributed by atoms with Crippen molar-refractivity contribution < 1.29 is 14.6 Å². The average Bonchev–Trinajstić information content (AvgIpc) is 2.57. The van der Waals surface area contributed by atoms with E-state index < -0.39 is 17.6 Å². The van der Waals surface area contributed by atoms with Gasteiger partial charge in [-0.25, -0.2) is 9.78 Å². The minimum atomic E-state index is -0.577. The predicted molar refractivity (Wildman–Crippen MR) is 67.8 cm³/mol. The summed E-state index contributed by atoms with van der Waals surface area (Å²) in [6, 6.07) is 0. The van der Waals surface area contributed by atoms with E-state index in [-0.39, 0.29) is 10.0 Å². The Bertz CT molecular complexity index is 418. The molecule has 1 rings (SSSR count). The van der Waals surface area contributed by atoms with Crippen molar-refractivity contribution in [3.63, 3.8) is 0 Å². The van der Waals surface area contributed by atoms with Gasteiger partial charge in [0.1, 0.15) is 0 Å². The number of hydrogen-bond donors (Lipinski definition) is 2. The molecule has 0 aliphatic heterocycles. The van der Waals surface area contributed by atoms with E-state index in [2.05, 4.69) is 15.0 Å². The van der Waals surface area contributed by atoms with E-state index in [4.69, 9.17) is 11.6 Å². The number of carbonyl (C=O) groups excluding carboxylic acids is 1. The third kappa shape index (κ3) is 3.31. The summed E-state index contributed by atoms with van der Waals surface area (Å²) in [6.07, 6.45) is -0.577. The molecule has 0 aliphatic rings. The van der Waals surface area contributed by atoms with Gasteiger partial charge in [-0.3, -0.25) is 0 Å². The number of aromatic nitrogens is 1. The SMILES string of the molecule is COC(=O)c1sc(NC(C)(C)C(C)O)nc1Cl. The van der Waals surface area contributed by atoms with E-state index >= 15 is 0 Å². The number of anilines is 1. The third-order valence-corrected chi connectivity index (χ3v) is 3.77. The molecule has 1 heterocycles. The number of nitrogens with zero attached hydrogens (tertiary/aromatic N) is 1. The molecule has 0 aromatic carbocycles. The van der Waals surface area contributed by atoms with Crippen LogP contribution in [-0.4, -0.2) is 34.8 Å². The van der Waals surface area contributed by atoms with Crippen LogP contribution in [0.2, 0.25) is 5.15 Å². The summed E-state index contributed by atoms with van der Waals surface area (Å²) in [7, 11) is 1.28. The highest BCUT2D eigenvalue weighted by Crippen LogP contribution is 2.30. The van der Waals surface area contributed by atoms with Crippen LogP contribution in [0.1, 0.15) is 30.4 Å². The van der Waals surface area contributed by atoms with Crippen LogP contribution >= 0.6 is 22.9 Å². The molecule has 0 amide bonds. The molecular formula is C10H15ClN2O3S. The van der Waals surface area contributed by atoms with Crippen LogP contribution in [0.3, 0.4) is 0 Å². The summed E-state index contributed by atoms with van der Waals surface area (Å²) in [6.45, 7) is 5.32. The Labute approximate surface area is 109 Å². The van der Waals surface area contributed by atoms with Crippen LogP contribution in [0.15, 0.2) is 0 Å². The molecule has 0 bridgehead atoms. The second kappa shape index (κ2) is 5.20. The van der Waals surface area contributed by atoms with Crippen LogP contribution in [0.25, 0.3) is 0 Å². The fraction of sp³-hybridized carbons (Fsp3) is 0.600. The van der Waals surface area contributed by atoms with Crippen LogP contribution in [-0.2, 0) is 4.74 Å². The smallest absolute Gasteiger partial charge is 0.351 e. The Morgan fingerprint density at radius 3 is 2.71 bits per heavy atom. The van der Waals surface area contributed by atoms with Crippen molar-refractivity contribution in [3.8, 4) is 0 Å². The molecule has 1 atom stereocenters. The van der Waals surface area contributed by atoms with E-state index in [9.17, 15) is 9.90 Å². The number of nitrogens with one attached hydrogen (secondary N) is 1. The Hall–Kier alpha value is -0.850. The third-order valence-electron chi connectivity index (χ3n) is 2.43. The number of carbonyl (C=O) groups is 1. The molecule has 96 valence electrons. The monoisotopic (exact) mass is 278 g/mol. The molecule has 0 saturated carbocycles. The first-order chi connectivity index (χ1) is 7.77. The number of methoxy groups -OCH3 is 1. The first-order valence-electron chi connectivity index (χ1n) is 4.99. The maximum atomic E-state index is 11.3. The van der Waals surface area contributed by atoms with Crippen molar-refractivity contribution in [1.29, 1.82) is 0 Å². The molecule has 0 radical (unpaired) electrons. The zero-order valence-electron chi connectivity index (χ0n) is 10.1. The first kappa shape index (κ1) is 14.2. The summed E-state index contributed by atoms with van der Waals surface area (Å²) in [5, 5.41) is 13.2. The van der Waals surface area contributed by atoms with Gasteiger partial charge in [-0.15, -0.1) is 0 Å². The van der Waals surface area contributed by atoms with Crippen LogP contribution in [0.5, 0.6) is 0 Å². The summed E-state index contributed by atoms with van der Waals surface area (Å²) < 4.78 is 4.58. The predicted octanol–water partition coefficient (Wildman–Crippen LogP) is 2.15. The van der Waals surface area contributed by atoms with Gasteiger partial charge >= 0.3 is 5.97 Å². The number of halogens is 1. The molecule has 5 nitrogen and oxygen atoms in total. The van der Waals surface area contributed by atoms with Crippen LogP contribution in [0.4, 0.5) is 5.13 Å². The van der Waals surface area contributed by atoms with Gasteiger partial charge in [0.2, 0.25) is 0 Å². The van der Waals surface area contributed by atoms with Crippen molar-refractivity contribution >= 4 is 34.0 Å². The number of thiazole rings is 1. The lowest BCUT2D eigenvalue weighted by molar-refractivity contribution is 0.0606. The van der Waals surface area contributed by atoms with E-state index in [1.165, 1.54) is 7.11 Å². The van der Waals surface area contributed by atoms with Crippen molar-refractivity contribution in [2.75, 3.05) is 12.4 Å². The molecule has 0 aliphatic carbocycles. The minimum Gasteiger partial charge on any atom is -0.465 e. The van der Waals surface area contributed by atoms with Gasteiger partial charge in [0.05, 0.1) is 18.8 Å². The minimum absolute atomic E-state index is 0.103. The fourth-order valence-corrected chi connectivity index (χ4v) is 2.22. The number of esters is 1.